The first-order valence-electron chi connectivity index (χ1n) is 15.3. The molecule has 0 radical (unpaired) electrons. The molecule has 0 saturated heterocycles. The Balaban J connectivity index is 1.49. The van der Waals surface area contributed by atoms with Crippen LogP contribution in [0.25, 0.3) is 10.9 Å². The number of benzene rings is 3. The predicted octanol–water partition coefficient (Wildman–Crippen LogP) is 6.23. The van der Waals surface area contributed by atoms with Crippen molar-refractivity contribution >= 4 is 28.7 Å². The van der Waals surface area contributed by atoms with Crippen molar-refractivity contribution < 1.29 is 19.5 Å². The number of hydrogen-bond acceptors (Lipinski definition) is 3. The van der Waals surface area contributed by atoms with Gasteiger partial charge in [0.2, 0.25) is 5.91 Å². The number of nitrogens with one attached hydrogen (secondary N) is 2. The Kier molecular flexibility index (Phi) is 9.60. The molecule has 7 nitrogen and oxygen atoms in total. The number of rotatable bonds is 11. The molecule has 3 aromatic carbocycles. The van der Waals surface area contributed by atoms with Crippen LogP contribution < -0.4 is 5.32 Å². The van der Waals surface area contributed by atoms with E-state index in [2.05, 4.69) is 10.3 Å². The van der Waals surface area contributed by atoms with Gasteiger partial charge >= 0.3 is 5.97 Å². The van der Waals surface area contributed by atoms with E-state index in [9.17, 15) is 19.5 Å². The predicted molar refractivity (Wildman–Crippen MR) is 169 cm³/mol. The minimum absolute atomic E-state index is 0.122. The molecule has 5 rings (SSSR count). The first-order chi connectivity index (χ1) is 20.8. The van der Waals surface area contributed by atoms with Crippen molar-refractivity contribution in [2.24, 2.45) is 5.92 Å². The topological polar surface area (TPSA) is 103 Å². The number of fused-ring (bicyclic) bond motifs is 1. The van der Waals surface area contributed by atoms with Crippen molar-refractivity contribution in [3.63, 3.8) is 0 Å². The molecule has 3 N–H and O–H groups in total. The Bertz CT molecular complexity index is 1550. The number of carboxylic acids is 1. The van der Waals surface area contributed by atoms with Crippen LogP contribution in [0.4, 0.5) is 0 Å². The standard InChI is InChI=1S/C36H41N3O4/c1-24-17-25(2)19-28(18-24)35(41)39(23-27-13-7-4-8-14-27)33(20-26-11-5-3-6-12-26)34(40)38-32(36(42)43)21-29-22-37-31-16-10-9-15-30(29)31/h3,5-6,9-12,15-19,22,27,32-33,37H,4,7-8,13-14,20-21,23H2,1-2H3,(H,38,40)(H,42,43)/t32-,33-/m0/s1. The average molecular weight is 580 g/mol. The summed E-state index contributed by atoms with van der Waals surface area (Å²) in [4.78, 5) is 45.9. The van der Waals surface area contributed by atoms with Crippen molar-refractivity contribution in [1.29, 1.82) is 0 Å². The summed E-state index contributed by atoms with van der Waals surface area (Å²) in [5.74, 6) is -1.48. The van der Waals surface area contributed by atoms with Crippen LogP contribution in [0.15, 0.2) is 79.0 Å². The van der Waals surface area contributed by atoms with Crippen LogP contribution in [0.1, 0.15) is 64.7 Å². The minimum atomic E-state index is -1.15. The molecular formula is C36H41N3O4. The second-order valence-corrected chi connectivity index (χ2v) is 12.0. The molecule has 0 bridgehead atoms. The number of carbonyl (C=O) groups is 3. The number of para-hydroxylation sites is 1. The Hall–Kier alpha value is -4.39. The van der Waals surface area contributed by atoms with Crippen molar-refractivity contribution in [3.05, 3.63) is 107 Å². The Morgan fingerprint density at radius 2 is 1.58 bits per heavy atom. The van der Waals surface area contributed by atoms with Crippen LogP contribution in [-0.4, -0.2) is 51.4 Å². The van der Waals surface area contributed by atoms with E-state index in [1.165, 1.54) is 6.42 Å². The molecule has 2 atom stereocenters. The maximum atomic E-state index is 14.3. The molecule has 1 aromatic heterocycles. The van der Waals surface area contributed by atoms with E-state index in [4.69, 9.17) is 0 Å². The molecule has 1 aliphatic rings. The SMILES string of the molecule is Cc1cc(C)cc(C(=O)N(CC2CCCCC2)[C@@H](Cc2ccccc2)C(=O)N[C@@H](Cc2c[nH]c3ccccc23)C(=O)O)c1. The summed E-state index contributed by atoms with van der Waals surface area (Å²) < 4.78 is 0. The van der Waals surface area contributed by atoms with E-state index in [-0.39, 0.29) is 24.7 Å². The van der Waals surface area contributed by atoms with Crippen LogP contribution in [0, 0.1) is 19.8 Å². The van der Waals surface area contributed by atoms with Gasteiger partial charge in [0.1, 0.15) is 12.1 Å². The van der Waals surface area contributed by atoms with E-state index in [0.29, 0.717) is 12.1 Å². The maximum absolute atomic E-state index is 14.3. The number of amides is 2. The molecule has 1 fully saturated rings. The van der Waals surface area contributed by atoms with Gasteiger partial charge in [-0.3, -0.25) is 9.59 Å². The van der Waals surface area contributed by atoms with Crippen molar-refractivity contribution in [2.45, 2.75) is 70.9 Å². The van der Waals surface area contributed by atoms with E-state index in [1.807, 2.05) is 86.6 Å². The quantitative estimate of drug-likeness (QED) is 0.196. The number of carboxylic acid groups (broad SMARTS) is 1. The highest BCUT2D eigenvalue weighted by molar-refractivity contribution is 5.98. The summed E-state index contributed by atoms with van der Waals surface area (Å²) in [7, 11) is 0. The molecule has 4 aromatic rings. The van der Waals surface area contributed by atoms with Gasteiger partial charge in [0, 0.05) is 42.0 Å². The highest BCUT2D eigenvalue weighted by Crippen LogP contribution is 2.27. The number of aromatic nitrogens is 1. The van der Waals surface area contributed by atoms with Crippen LogP contribution >= 0.6 is 0 Å². The molecule has 1 aliphatic carbocycles. The van der Waals surface area contributed by atoms with Crippen LogP contribution in [0.5, 0.6) is 0 Å². The number of nitrogens with zero attached hydrogens (tertiary/aromatic N) is 1. The number of aryl methyl sites for hydroxylation is 2. The third-order valence-electron chi connectivity index (χ3n) is 8.57. The highest BCUT2D eigenvalue weighted by Gasteiger charge is 2.35. The van der Waals surface area contributed by atoms with Gasteiger partial charge in [0.05, 0.1) is 0 Å². The molecule has 43 heavy (non-hydrogen) atoms. The van der Waals surface area contributed by atoms with Crippen molar-refractivity contribution in [3.8, 4) is 0 Å². The Labute approximate surface area is 253 Å². The monoisotopic (exact) mass is 579 g/mol. The average Bonchev–Trinajstić information content (AvgIpc) is 3.41. The third-order valence-corrected chi connectivity index (χ3v) is 8.57. The van der Waals surface area contributed by atoms with Crippen molar-refractivity contribution in [1.82, 2.24) is 15.2 Å². The number of H-pyrrole nitrogens is 1. The summed E-state index contributed by atoms with van der Waals surface area (Å²) in [5, 5.41) is 14.0. The fraction of sp³-hybridized carbons (Fsp3) is 0.361. The number of aliphatic carboxylic acids is 1. The zero-order valence-electron chi connectivity index (χ0n) is 25.0. The summed E-state index contributed by atoms with van der Waals surface area (Å²) in [6.45, 7) is 4.38. The number of aromatic amines is 1. The zero-order valence-corrected chi connectivity index (χ0v) is 25.0. The van der Waals surface area contributed by atoms with E-state index in [1.54, 1.807) is 11.1 Å². The summed E-state index contributed by atoms with van der Waals surface area (Å²) in [5.41, 5.74) is 5.14. The smallest absolute Gasteiger partial charge is 0.326 e. The summed E-state index contributed by atoms with van der Waals surface area (Å²) in [6.07, 6.45) is 7.63. The van der Waals surface area contributed by atoms with Gasteiger partial charge < -0.3 is 20.3 Å². The molecule has 7 heteroatoms. The first kappa shape index (κ1) is 30.1. The lowest BCUT2D eigenvalue weighted by Crippen LogP contribution is -2.55. The lowest BCUT2D eigenvalue weighted by atomic mass is 9.88. The molecule has 1 saturated carbocycles. The second-order valence-electron chi connectivity index (χ2n) is 12.0. The molecule has 224 valence electrons. The van der Waals surface area contributed by atoms with Crippen LogP contribution in [0.3, 0.4) is 0 Å². The summed E-state index contributed by atoms with van der Waals surface area (Å²) in [6, 6.07) is 21.1. The summed E-state index contributed by atoms with van der Waals surface area (Å²) >= 11 is 0. The van der Waals surface area contributed by atoms with Crippen LogP contribution in [0.2, 0.25) is 0 Å². The zero-order chi connectivity index (χ0) is 30.3. The first-order valence-corrected chi connectivity index (χ1v) is 15.3. The second kappa shape index (κ2) is 13.7. The molecule has 0 unspecified atom stereocenters. The molecule has 0 spiro atoms. The van der Waals surface area contributed by atoms with E-state index in [0.717, 1.165) is 58.8 Å². The fourth-order valence-electron chi connectivity index (χ4n) is 6.43. The highest BCUT2D eigenvalue weighted by atomic mass is 16.4. The molecule has 0 aliphatic heterocycles. The molecule has 1 heterocycles. The third kappa shape index (κ3) is 7.53. The van der Waals surface area contributed by atoms with Gasteiger partial charge in [-0.05, 0) is 61.9 Å². The van der Waals surface area contributed by atoms with E-state index < -0.39 is 24.0 Å². The number of hydrogen-bond donors (Lipinski definition) is 3. The van der Waals surface area contributed by atoms with Gasteiger partial charge in [-0.15, -0.1) is 0 Å². The van der Waals surface area contributed by atoms with Gasteiger partial charge in [-0.1, -0.05) is 85.0 Å². The van der Waals surface area contributed by atoms with Gasteiger partial charge in [-0.2, -0.15) is 0 Å². The lowest BCUT2D eigenvalue weighted by molar-refractivity contribution is -0.142. The largest absolute Gasteiger partial charge is 0.480 e. The maximum Gasteiger partial charge on any atom is 0.326 e. The Morgan fingerprint density at radius 3 is 2.28 bits per heavy atom. The molecular weight excluding hydrogens is 538 g/mol. The normalized spacial score (nSPS) is 15.1. The van der Waals surface area contributed by atoms with Gasteiger partial charge in [-0.25, -0.2) is 4.79 Å². The van der Waals surface area contributed by atoms with Gasteiger partial charge in [0.25, 0.3) is 5.91 Å². The minimum Gasteiger partial charge on any atom is -0.480 e. The van der Waals surface area contributed by atoms with Crippen molar-refractivity contribution in [2.75, 3.05) is 6.54 Å². The number of carbonyl (C=O) groups excluding carboxylic acids is 2. The van der Waals surface area contributed by atoms with Gasteiger partial charge in [0.15, 0.2) is 0 Å². The van der Waals surface area contributed by atoms with Crippen LogP contribution in [-0.2, 0) is 22.4 Å². The fourth-order valence-corrected chi connectivity index (χ4v) is 6.43. The Morgan fingerprint density at radius 1 is 0.907 bits per heavy atom. The molecule has 2 amide bonds. The van der Waals surface area contributed by atoms with E-state index >= 15 is 0 Å². The lowest BCUT2D eigenvalue weighted by Gasteiger charge is -2.36.